The summed E-state index contributed by atoms with van der Waals surface area (Å²) in [4.78, 5) is 0. The molecule has 34 heavy (non-hydrogen) atoms. The van der Waals surface area contributed by atoms with Crippen LogP contribution in [0, 0.1) is 29.3 Å². The summed E-state index contributed by atoms with van der Waals surface area (Å²) < 4.78 is 52.2. The van der Waals surface area contributed by atoms with E-state index < -0.39 is 22.5 Å². The lowest BCUT2D eigenvalue weighted by atomic mass is 9.71. The second-order valence-electron chi connectivity index (χ2n) is 9.77. The van der Waals surface area contributed by atoms with Crippen molar-refractivity contribution in [2.75, 3.05) is 26.4 Å². The molecule has 2 N–H and O–H groups in total. The minimum atomic E-state index is -0.856. The fourth-order valence-electron chi connectivity index (χ4n) is 5.45. The lowest BCUT2D eigenvalue weighted by molar-refractivity contribution is 0.0693. The van der Waals surface area contributed by atoms with E-state index in [2.05, 4.69) is 0 Å². The Balaban J connectivity index is 0.000000192. The number of benzene rings is 2. The third-order valence-corrected chi connectivity index (χ3v) is 7.75. The van der Waals surface area contributed by atoms with Crippen LogP contribution in [-0.4, -0.2) is 48.8 Å². The van der Waals surface area contributed by atoms with Crippen molar-refractivity contribution in [2.45, 2.75) is 57.2 Å². The van der Waals surface area contributed by atoms with Crippen LogP contribution < -0.4 is 0 Å². The van der Waals surface area contributed by atoms with Crippen LogP contribution in [0.25, 0.3) is 0 Å². The molecule has 2 aliphatic rings. The van der Waals surface area contributed by atoms with Crippen LogP contribution in [0.15, 0.2) is 42.5 Å². The number of hydrogen-bond acceptors (Lipinski definition) is 4. The zero-order valence-electron chi connectivity index (χ0n) is 20.2. The van der Waals surface area contributed by atoms with Gasteiger partial charge in [-0.1, -0.05) is 51.1 Å². The summed E-state index contributed by atoms with van der Waals surface area (Å²) in [7, 11) is 0. The largest absolute Gasteiger partial charge is 0.396 e. The number of rotatable bonds is 5. The van der Waals surface area contributed by atoms with Crippen molar-refractivity contribution in [3.05, 3.63) is 71.0 Å². The Morgan fingerprint density at radius 1 is 0.824 bits per heavy atom. The van der Waals surface area contributed by atoms with Crippen LogP contribution in [0.1, 0.15) is 45.2 Å². The van der Waals surface area contributed by atoms with Gasteiger partial charge >= 0.3 is 0 Å². The van der Waals surface area contributed by atoms with Crippen molar-refractivity contribution in [1.29, 1.82) is 0 Å². The van der Waals surface area contributed by atoms with Crippen LogP contribution in [0.2, 0.25) is 0 Å². The molecule has 4 nitrogen and oxygen atoms in total. The molecule has 2 saturated heterocycles. The van der Waals surface area contributed by atoms with Gasteiger partial charge in [-0.3, -0.25) is 0 Å². The van der Waals surface area contributed by atoms with E-state index >= 15 is 0 Å². The minimum absolute atomic E-state index is 0.0198. The molecule has 0 spiro atoms. The summed E-state index contributed by atoms with van der Waals surface area (Å²) >= 11 is 0. The van der Waals surface area contributed by atoms with E-state index in [9.17, 15) is 23.4 Å². The van der Waals surface area contributed by atoms with E-state index in [1.807, 2.05) is 33.8 Å². The fourth-order valence-corrected chi connectivity index (χ4v) is 5.45. The van der Waals surface area contributed by atoms with Gasteiger partial charge in [-0.25, -0.2) is 13.2 Å². The van der Waals surface area contributed by atoms with Crippen LogP contribution in [0.5, 0.6) is 0 Å². The first kappa shape index (κ1) is 26.7. The summed E-state index contributed by atoms with van der Waals surface area (Å²) in [5.74, 6) is -2.17. The molecule has 2 aromatic carbocycles. The van der Waals surface area contributed by atoms with Crippen molar-refractivity contribution in [3.63, 3.8) is 0 Å². The van der Waals surface area contributed by atoms with Gasteiger partial charge in [0.1, 0.15) is 5.82 Å². The van der Waals surface area contributed by atoms with Gasteiger partial charge in [0.15, 0.2) is 11.6 Å². The van der Waals surface area contributed by atoms with Crippen LogP contribution >= 0.6 is 0 Å². The van der Waals surface area contributed by atoms with E-state index in [-0.39, 0.29) is 48.6 Å². The molecule has 0 aliphatic carbocycles. The highest BCUT2D eigenvalue weighted by atomic mass is 19.2. The fraction of sp³-hybridized carbons (Fsp3) is 0.556. The van der Waals surface area contributed by atoms with Crippen molar-refractivity contribution < 1.29 is 32.9 Å². The molecule has 0 radical (unpaired) electrons. The summed E-state index contributed by atoms with van der Waals surface area (Å²) in [6.07, 6.45) is 0.606. The maximum Gasteiger partial charge on any atom is 0.162 e. The van der Waals surface area contributed by atoms with Gasteiger partial charge in [0.2, 0.25) is 0 Å². The Hall–Kier alpha value is -1.93. The molecule has 0 aromatic heterocycles. The summed E-state index contributed by atoms with van der Waals surface area (Å²) in [6, 6.07) is 10.9. The molecule has 2 aliphatic heterocycles. The van der Waals surface area contributed by atoms with Crippen molar-refractivity contribution in [1.82, 2.24) is 0 Å². The Kier molecular flexibility index (Phi) is 8.45. The average molecular weight is 481 g/mol. The predicted molar refractivity (Wildman–Crippen MR) is 124 cm³/mol. The third kappa shape index (κ3) is 4.76. The maximum absolute atomic E-state index is 13.9. The highest BCUT2D eigenvalue weighted by Gasteiger charge is 2.48. The minimum Gasteiger partial charge on any atom is -0.396 e. The molecule has 6 unspecified atom stereocenters. The number of halogens is 3. The number of aliphatic hydroxyl groups is 2. The van der Waals surface area contributed by atoms with Crippen LogP contribution in [0.3, 0.4) is 0 Å². The predicted octanol–water partition coefficient (Wildman–Crippen LogP) is 4.75. The quantitative estimate of drug-likeness (QED) is 0.649. The standard InChI is InChI=1S/C14H18F2O2.C13H17FO2/c1-3-12-10(7-17)14(2,8-18-12)9-5-4-6-11(15)13(9)16;1-9-11(7-15)13(2,8-16-9)10-5-3-4-6-12(10)14/h4-6,10,12,17H,3,7-8H2,1-2H3;3-6,9,11,15H,7-8H2,1-2H3. The van der Waals surface area contributed by atoms with E-state index in [4.69, 9.17) is 9.47 Å². The number of hydrogen-bond donors (Lipinski definition) is 2. The van der Waals surface area contributed by atoms with Crippen LogP contribution in [0.4, 0.5) is 13.2 Å². The van der Waals surface area contributed by atoms with E-state index in [0.29, 0.717) is 18.8 Å². The van der Waals surface area contributed by atoms with Gasteiger partial charge < -0.3 is 19.7 Å². The molecular formula is C27H35F3O4. The Labute approximate surface area is 199 Å². The summed E-state index contributed by atoms with van der Waals surface area (Å²) in [6.45, 7) is 8.35. The van der Waals surface area contributed by atoms with Gasteiger partial charge in [-0.2, -0.15) is 0 Å². The summed E-state index contributed by atoms with van der Waals surface area (Å²) in [5.41, 5.74) is -0.183. The Bertz CT molecular complexity index is 971. The second kappa shape index (κ2) is 10.8. The lowest BCUT2D eigenvalue weighted by Gasteiger charge is -2.31. The second-order valence-corrected chi connectivity index (χ2v) is 9.77. The molecule has 0 saturated carbocycles. The van der Waals surface area contributed by atoms with Crippen molar-refractivity contribution in [2.24, 2.45) is 11.8 Å². The SMILES string of the molecule is CC1OCC(C)(c2ccccc2F)C1CO.CCC1OCC(C)(c2cccc(F)c2F)C1CO. The van der Waals surface area contributed by atoms with Crippen LogP contribution in [-0.2, 0) is 20.3 Å². The smallest absolute Gasteiger partial charge is 0.162 e. The molecule has 4 rings (SSSR count). The molecule has 7 heteroatoms. The number of ether oxygens (including phenoxy) is 2. The summed E-state index contributed by atoms with van der Waals surface area (Å²) in [5, 5.41) is 19.0. The maximum atomic E-state index is 13.9. The molecule has 2 heterocycles. The van der Waals surface area contributed by atoms with Crippen molar-refractivity contribution in [3.8, 4) is 0 Å². The molecule has 0 bridgehead atoms. The normalized spacial score (nSPS) is 33.0. The van der Waals surface area contributed by atoms with Gasteiger partial charge in [-0.05, 0) is 36.6 Å². The van der Waals surface area contributed by atoms with E-state index in [1.165, 1.54) is 12.1 Å². The average Bonchev–Trinajstić information content (AvgIpc) is 3.32. The number of aliphatic hydroxyl groups excluding tert-OH is 2. The molecule has 6 atom stereocenters. The van der Waals surface area contributed by atoms with Gasteiger partial charge in [0, 0.05) is 35.9 Å². The molecule has 0 amide bonds. The third-order valence-electron chi connectivity index (χ3n) is 7.75. The van der Waals surface area contributed by atoms with Crippen molar-refractivity contribution >= 4 is 0 Å². The Morgan fingerprint density at radius 3 is 2.00 bits per heavy atom. The molecule has 2 fully saturated rings. The molecular weight excluding hydrogens is 445 g/mol. The van der Waals surface area contributed by atoms with E-state index in [0.717, 1.165) is 12.5 Å². The zero-order chi connectivity index (χ0) is 25.1. The lowest BCUT2D eigenvalue weighted by Crippen LogP contribution is -2.37. The highest BCUT2D eigenvalue weighted by Crippen LogP contribution is 2.43. The van der Waals surface area contributed by atoms with E-state index in [1.54, 1.807) is 18.2 Å². The monoisotopic (exact) mass is 480 g/mol. The first-order chi connectivity index (χ1) is 16.1. The topological polar surface area (TPSA) is 58.9 Å². The zero-order valence-corrected chi connectivity index (χ0v) is 20.2. The Morgan fingerprint density at radius 2 is 1.38 bits per heavy atom. The van der Waals surface area contributed by atoms with Gasteiger partial charge in [-0.15, -0.1) is 0 Å². The first-order valence-corrected chi connectivity index (χ1v) is 11.8. The highest BCUT2D eigenvalue weighted by molar-refractivity contribution is 5.31. The first-order valence-electron chi connectivity index (χ1n) is 11.8. The van der Waals surface area contributed by atoms with Gasteiger partial charge in [0.25, 0.3) is 0 Å². The van der Waals surface area contributed by atoms with Gasteiger partial charge in [0.05, 0.1) is 25.4 Å². The molecule has 188 valence electrons. The molecule has 2 aromatic rings.